The zero-order valence-electron chi connectivity index (χ0n) is 23.6. The van der Waals surface area contributed by atoms with Gasteiger partial charge in [0.15, 0.2) is 5.58 Å². The van der Waals surface area contributed by atoms with Gasteiger partial charge in [-0.25, -0.2) is 9.78 Å². The van der Waals surface area contributed by atoms with Crippen molar-refractivity contribution in [3.05, 3.63) is 120 Å². The Kier molecular flexibility index (Phi) is 8.12. The summed E-state index contributed by atoms with van der Waals surface area (Å²) in [5, 5.41) is 16.2. The van der Waals surface area contributed by atoms with Crippen LogP contribution in [0.4, 0.5) is 11.4 Å². The lowest BCUT2D eigenvalue weighted by molar-refractivity contribution is -0.115. The Morgan fingerprint density at radius 2 is 1.55 bits per heavy atom. The third-order valence-corrected chi connectivity index (χ3v) is 8.46. The molecule has 0 radical (unpaired) electrons. The summed E-state index contributed by atoms with van der Waals surface area (Å²) in [4.78, 5) is 43.6. The van der Waals surface area contributed by atoms with Gasteiger partial charge < -0.3 is 20.2 Å². The normalized spacial score (nSPS) is 11.8. The maximum absolute atomic E-state index is 13.3. The Balaban J connectivity index is 1.13. The molecular formula is C35H27N3O5S. The Morgan fingerprint density at radius 3 is 2.27 bits per heavy atom. The number of rotatable bonds is 9. The van der Waals surface area contributed by atoms with Gasteiger partial charge in [0, 0.05) is 32.8 Å². The lowest BCUT2D eigenvalue weighted by atomic mass is 9.98. The van der Waals surface area contributed by atoms with E-state index >= 15 is 0 Å². The second-order valence-corrected chi connectivity index (χ2v) is 11.3. The molecule has 8 nitrogen and oxygen atoms in total. The molecule has 1 unspecified atom stereocenters. The molecule has 6 rings (SSSR count). The van der Waals surface area contributed by atoms with Gasteiger partial charge in [-0.05, 0) is 78.5 Å². The summed E-state index contributed by atoms with van der Waals surface area (Å²) < 4.78 is 5.84. The van der Waals surface area contributed by atoms with Gasteiger partial charge in [0.05, 0.1) is 10.8 Å². The summed E-state index contributed by atoms with van der Waals surface area (Å²) >= 11 is 1.40. The Morgan fingerprint density at radius 1 is 0.818 bits per heavy atom. The van der Waals surface area contributed by atoms with Crippen molar-refractivity contribution in [2.24, 2.45) is 0 Å². The standard InChI is InChI=1S/C35H27N3O5S/c1-2-30(33(40)36-23-18-16-22(17-19-23)34-38-28-14-3-4-15-29(28)43-34)44-25-11-7-10-24(20-25)37-32(39)26-12-5-8-21-9-6-13-27(31(21)26)35(41)42/h3-20,30H,2H2,1H3,(H,36,40)(H,37,39)(H,41,42). The van der Waals surface area contributed by atoms with Gasteiger partial charge in [-0.15, -0.1) is 11.8 Å². The summed E-state index contributed by atoms with van der Waals surface area (Å²) in [6, 6.07) is 32.2. The minimum Gasteiger partial charge on any atom is -0.478 e. The molecule has 0 bridgehead atoms. The summed E-state index contributed by atoms with van der Waals surface area (Å²) in [6.45, 7) is 1.94. The van der Waals surface area contributed by atoms with Gasteiger partial charge in [0.2, 0.25) is 11.8 Å². The van der Waals surface area contributed by atoms with Gasteiger partial charge >= 0.3 is 5.97 Å². The first-order valence-corrected chi connectivity index (χ1v) is 14.9. The number of aromatic carboxylic acids is 1. The SMILES string of the molecule is CCC(Sc1cccc(NC(=O)c2cccc3cccc(C(=O)O)c23)c1)C(=O)Nc1ccc(-c2nc3ccccc3o2)cc1. The van der Waals surface area contributed by atoms with E-state index in [1.807, 2.05) is 61.5 Å². The van der Waals surface area contributed by atoms with E-state index in [1.165, 1.54) is 17.8 Å². The molecule has 5 aromatic carbocycles. The highest BCUT2D eigenvalue weighted by atomic mass is 32.2. The molecule has 1 heterocycles. The number of thioether (sulfide) groups is 1. The van der Waals surface area contributed by atoms with E-state index < -0.39 is 11.9 Å². The van der Waals surface area contributed by atoms with Gasteiger partial charge in [-0.2, -0.15) is 0 Å². The van der Waals surface area contributed by atoms with Crippen LogP contribution in [0.2, 0.25) is 0 Å². The van der Waals surface area contributed by atoms with E-state index in [2.05, 4.69) is 15.6 Å². The number of benzene rings is 5. The number of oxazole rings is 1. The van der Waals surface area contributed by atoms with Crippen molar-refractivity contribution in [3.8, 4) is 11.5 Å². The fraction of sp³-hybridized carbons (Fsp3) is 0.0857. The smallest absolute Gasteiger partial charge is 0.336 e. The van der Waals surface area contributed by atoms with E-state index in [9.17, 15) is 19.5 Å². The number of hydrogen-bond acceptors (Lipinski definition) is 6. The predicted octanol–water partition coefficient (Wildman–Crippen LogP) is 8.11. The number of anilines is 2. The molecule has 0 fully saturated rings. The maximum atomic E-state index is 13.3. The van der Waals surface area contributed by atoms with Crippen molar-refractivity contribution < 1.29 is 23.9 Å². The third-order valence-electron chi connectivity index (χ3n) is 7.11. The number of nitrogens with zero attached hydrogens (tertiary/aromatic N) is 1. The van der Waals surface area contributed by atoms with Crippen LogP contribution >= 0.6 is 11.8 Å². The molecule has 44 heavy (non-hydrogen) atoms. The number of nitrogens with one attached hydrogen (secondary N) is 2. The highest BCUT2D eigenvalue weighted by molar-refractivity contribution is 8.00. The fourth-order valence-corrected chi connectivity index (χ4v) is 5.97. The van der Waals surface area contributed by atoms with Gasteiger partial charge in [0.25, 0.3) is 5.91 Å². The molecule has 1 aromatic heterocycles. The number of amides is 2. The molecule has 0 spiro atoms. The minimum absolute atomic E-state index is 0.0650. The van der Waals surface area contributed by atoms with Crippen LogP contribution in [0.3, 0.4) is 0 Å². The molecule has 0 aliphatic rings. The van der Waals surface area contributed by atoms with Crippen LogP contribution in [-0.4, -0.2) is 33.1 Å². The number of aromatic nitrogens is 1. The quantitative estimate of drug-likeness (QED) is 0.143. The highest BCUT2D eigenvalue weighted by Gasteiger charge is 2.20. The van der Waals surface area contributed by atoms with Gasteiger partial charge in [-0.1, -0.05) is 49.4 Å². The molecular weight excluding hydrogens is 574 g/mol. The highest BCUT2D eigenvalue weighted by Crippen LogP contribution is 2.30. The summed E-state index contributed by atoms with van der Waals surface area (Å²) in [7, 11) is 0. The largest absolute Gasteiger partial charge is 0.478 e. The number of para-hydroxylation sites is 2. The molecule has 0 saturated heterocycles. The van der Waals surface area contributed by atoms with E-state index in [0.29, 0.717) is 40.0 Å². The lowest BCUT2D eigenvalue weighted by Crippen LogP contribution is -2.24. The van der Waals surface area contributed by atoms with Crippen molar-refractivity contribution in [2.45, 2.75) is 23.5 Å². The van der Waals surface area contributed by atoms with Crippen molar-refractivity contribution in [1.82, 2.24) is 4.98 Å². The second-order valence-electron chi connectivity index (χ2n) is 10.1. The number of carbonyl (C=O) groups excluding carboxylic acids is 2. The van der Waals surface area contributed by atoms with E-state index in [0.717, 1.165) is 16.0 Å². The lowest BCUT2D eigenvalue weighted by Gasteiger charge is -2.16. The third kappa shape index (κ3) is 6.04. The monoisotopic (exact) mass is 601 g/mol. The Hall–Kier alpha value is -5.41. The fourth-order valence-electron chi connectivity index (χ4n) is 4.96. The number of carbonyl (C=O) groups is 3. The van der Waals surface area contributed by atoms with Crippen LogP contribution in [0.15, 0.2) is 119 Å². The second kappa shape index (κ2) is 12.4. The number of carboxylic acids is 1. The first-order chi connectivity index (χ1) is 21.4. The van der Waals surface area contributed by atoms with Crippen molar-refractivity contribution in [1.29, 1.82) is 0 Å². The molecule has 9 heteroatoms. The first kappa shape index (κ1) is 28.7. The van der Waals surface area contributed by atoms with Crippen LogP contribution in [0, 0.1) is 0 Å². The Bertz CT molecular complexity index is 1980. The summed E-state index contributed by atoms with van der Waals surface area (Å²) in [5.41, 5.74) is 3.84. The number of carboxylic acid groups (broad SMARTS) is 1. The van der Waals surface area contributed by atoms with Crippen LogP contribution in [0.25, 0.3) is 33.3 Å². The van der Waals surface area contributed by atoms with Gasteiger partial charge in [0.1, 0.15) is 5.52 Å². The molecule has 0 aliphatic carbocycles. The summed E-state index contributed by atoms with van der Waals surface area (Å²) in [6.07, 6.45) is 0.585. The van der Waals surface area contributed by atoms with E-state index in [-0.39, 0.29) is 22.3 Å². The molecule has 0 aliphatic heterocycles. The van der Waals surface area contributed by atoms with E-state index in [4.69, 9.17) is 4.42 Å². The van der Waals surface area contributed by atoms with Crippen molar-refractivity contribution >= 4 is 62.8 Å². The van der Waals surface area contributed by atoms with Crippen molar-refractivity contribution in [2.75, 3.05) is 10.6 Å². The topological polar surface area (TPSA) is 122 Å². The van der Waals surface area contributed by atoms with E-state index in [1.54, 1.807) is 48.5 Å². The van der Waals surface area contributed by atoms with Gasteiger partial charge in [-0.3, -0.25) is 9.59 Å². The molecule has 0 saturated carbocycles. The Labute approximate surface area is 257 Å². The number of hydrogen-bond donors (Lipinski definition) is 3. The average Bonchev–Trinajstić information content (AvgIpc) is 3.48. The predicted molar refractivity (Wildman–Crippen MR) is 173 cm³/mol. The molecule has 6 aromatic rings. The van der Waals surface area contributed by atoms with Crippen LogP contribution < -0.4 is 10.6 Å². The summed E-state index contributed by atoms with van der Waals surface area (Å²) in [5.74, 6) is -1.14. The average molecular weight is 602 g/mol. The van der Waals surface area contributed by atoms with Crippen molar-refractivity contribution in [3.63, 3.8) is 0 Å². The maximum Gasteiger partial charge on any atom is 0.336 e. The minimum atomic E-state index is -1.10. The molecule has 3 N–H and O–H groups in total. The van der Waals surface area contributed by atoms with Crippen LogP contribution in [0.5, 0.6) is 0 Å². The zero-order chi connectivity index (χ0) is 30.6. The molecule has 218 valence electrons. The number of fused-ring (bicyclic) bond motifs is 2. The first-order valence-electron chi connectivity index (χ1n) is 14.0. The van der Waals surface area contributed by atoms with Crippen LogP contribution in [-0.2, 0) is 4.79 Å². The molecule has 1 atom stereocenters. The van der Waals surface area contributed by atoms with Crippen LogP contribution in [0.1, 0.15) is 34.1 Å². The molecule has 2 amide bonds. The zero-order valence-corrected chi connectivity index (χ0v) is 24.4.